The highest BCUT2D eigenvalue weighted by molar-refractivity contribution is 6.33. The van der Waals surface area contributed by atoms with Crippen LogP contribution in [0.4, 0.5) is 5.69 Å². The Morgan fingerprint density at radius 2 is 2.00 bits per heavy atom. The number of anilines is 1. The topological polar surface area (TPSA) is 49.3 Å². The number of nitrogens with one attached hydrogen (secondary N) is 1. The lowest BCUT2D eigenvalue weighted by Crippen LogP contribution is -2.32. The highest BCUT2D eigenvalue weighted by atomic mass is 35.5. The van der Waals surface area contributed by atoms with Crippen LogP contribution in [0.2, 0.25) is 5.02 Å². The van der Waals surface area contributed by atoms with Gasteiger partial charge in [-0.1, -0.05) is 55.8 Å². The second kappa shape index (κ2) is 6.80. The number of halogens is 1. The predicted molar refractivity (Wildman–Crippen MR) is 77.7 cm³/mol. The van der Waals surface area contributed by atoms with Gasteiger partial charge in [0.25, 0.3) is 0 Å². The minimum atomic E-state index is -0.800. The standard InChI is InChI=1S/C15H20ClNO2/c16-12-8-4-5-9-13(12)17-14(15(18)19)10-11-6-2-1-3-7-11/h4-5,8-9,11,14,17H,1-3,6-7,10H2,(H,18,19). The number of aliphatic carboxylic acids is 1. The van der Waals surface area contributed by atoms with Gasteiger partial charge in [-0.15, -0.1) is 0 Å². The van der Waals surface area contributed by atoms with E-state index < -0.39 is 12.0 Å². The molecule has 3 nitrogen and oxygen atoms in total. The van der Waals surface area contributed by atoms with Crippen molar-refractivity contribution in [3.8, 4) is 0 Å². The van der Waals surface area contributed by atoms with Crippen LogP contribution in [0.15, 0.2) is 24.3 Å². The van der Waals surface area contributed by atoms with Gasteiger partial charge in [0.05, 0.1) is 10.7 Å². The van der Waals surface area contributed by atoms with E-state index in [1.54, 1.807) is 6.07 Å². The van der Waals surface area contributed by atoms with Crippen molar-refractivity contribution >= 4 is 23.3 Å². The van der Waals surface area contributed by atoms with Gasteiger partial charge in [0.15, 0.2) is 0 Å². The van der Waals surface area contributed by atoms with Crippen molar-refractivity contribution in [1.82, 2.24) is 0 Å². The summed E-state index contributed by atoms with van der Waals surface area (Å²) in [5, 5.41) is 13.0. The first-order valence-electron chi connectivity index (χ1n) is 6.90. The van der Waals surface area contributed by atoms with Gasteiger partial charge in [0.2, 0.25) is 0 Å². The van der Waals surface area contributed by atoms with Gasteiger partial charge in [0, 0.05) is 0 Å². The molecule has 1 aromatic carbocycles. The Morgan fingerprint density at radius 1 is 1.32 bits per heavy atom. The molecule has 1 saturated carbocycles. The van der Waals surface area contributed by atoms with E-state index >= 15 is 0 Å². The average molecular weight is 282 g/mol. The fourth-order valence-corrected chi connectivity index (χ4v) is 2.93. The normalized spacial score (nSPS) is 17.9. The number of carboxylic acids is 1. The van der Waals surface area contributed by atoms with Crippen LogP contribution in [-0.2, 0) is 4.79 Å². The van der Waals surface area contributed by atoms with Crippen molar-refractivity contribution < 1.29 is 9.90 Å². The summed E-state index contributed by atoms with van der Waals surface area (Å²) < 4.78 is 0. The van der Waals surface area contributed by atoms with E-state index in [9.17, 15) is 9.90 Å². The second-order valence-corrected chi connectivity index (χ2v) is 5.66. The maximum Gasteiger partial charge on any atom is 0.326 e. The van der Waals surface area contributed by atoms with E-state index in [-0.39, 0.29) is 0 Å². The molecule has 0 radical (unpaired) electrons. The molecule has 1 aliphatic rings. The van der Waals surface area contributed by atoms with Crippen molar-refractivity contribution in [3.05, 3.63) is 29.3 Å². The molecular formula is C15H20ClNO2. The van der Waals surface area contributed by atoms with Gasteiger partial charge in [-0.25, -0.2) is 4.79 Å². The Bertz CT molecular complexity index is 430. The molecular weight excluding hydrogens is 262 g/mol. The number of hydrogen-bond donors (Lipinski definition) is 2. The van der Waals surface area contributed by atoms with Gasteiger partial charge in [0.1, 0.15) is 6.04 Å². The van der Waals surface area contributed by atoms with Crippen LogP contribution in [-0.4, -0.2) is 17.1 Å². The molecule has 0 saturated heterocycles. The molecule has 19 heavy (non-hydrogen) atoms. The van der Waals surface area contributed by atoms with Crippen LogP contribution in [0.5, 0.6) is 0 Å². The van der Waals surface area contributed by atoms with E-state index in [0.717, 1.165) is 12.8 Å². The third kappa shape index (κ3) is 4.13. The summed E-state index contributed by atoms with van der Waals surface area (Å²) in [5.41, 5.74) is 0.701. The number of carboxylic acid groups (broad SMARTS) is 1. The number of carbonyl (C=O) groups is 1. The van der Waals surface area contributed by atoms with E-state index in [0.29, 0.717) is 23.0 Å². The molecule has 1 atom stereocenters. The zero-order valence-electron chi connectivity index (χ0n) is 10.9. The summed E-state index contributed by atoms with van der Waals surface area (Å²) in [5.74, 6) is -0.282. The minimum absolute atomic E-state index is 0.518. The van der Waals surface area contributed by atoms with E-state index in [1.807, 2.05) is 18.2 Å². The first kappa shape index (κ1) is 14.2. The van der Waals surface area contributed by atoms with Crippen molar-refractivity contribution in [1.29, 1.82) is 0 Å². The predicted octanol–water partition coefficient (Wildman–Crippen LogP) is 4.18. The van der Waals surface area contributed by atoms with Crippen molar-refractivity contribution in [3.63, 3.8) is 0 Å². The maximum atomic E-state index is 11.4. The third-order valence-corrected chi connectivity index (χ3v) is 4.13. The van der Waals surface area contributed by atoms with Gasteiger partial charge in [-0.05, 0) is 24.5 Å². The minimum Gasteiger partial charge on any atom is -0.480 e. The SMILES string of the molecule is O=C(O)C(CC1CCCCC1)Nc1ccccc1Cl. The molecule has 2 rings (SSSR count). The maximum absolute atomic E-state index is 11.4. The molecule has 104 valence electrons. The Balaban J connectivity index is 2.00. The molecule has 0 aliphatic heterocycles. The largest absolute Gasteiger partial charge is 0.480 e. The van der Waals surface area contributed by atoms with Crippen molar-refractivity contribution in [2.75, 3.05) is 5.32 Å². The highest BCUT2D eigenvalue weighted by Crippen LogP contribution is 2.29. The first-order valence-corrected chi connectivity index (χ1v) is 7.28. The quantitative estimate of drug-likeness (QED) is 0.851. The summed E-state index contributed by atoms with van der Waals surface area (Å²) in [6, 6.07) is 6.73. The molecule has 4 heteroatoms. The lowest BCUT2D eigenvalue weighted by Gasteiger charge is -2.25. The zero-order valence-corrected chi connectivity index (χ0v) is 11.7. The number of rotatable bonds is 5. The molecule has 0 spiro atoms. The van der Waals surface area contributed by atoms with Gasteiger partial charge in [-0.3, -0.25) is 0 Å². The Hall–Kier alpha value is -1.22. The van der Waals surface area contributed by atoms with E-state index in [4.69, 9.17) is 11.6 Å². The molecule has 0 amide bonds. The lowest BCUT2D eigenvalue weighted by atomic mass is 9.85. The van der Waals surface area contributed by atoms with Crippen LogP contribution in [0.3, 0.4) is 0 Å². The van der Waals surface area contributed by atoms with Crippen LogP contribution < -0.4 is 5.32 Å². The van der Waals surface area contributed by atoms with E-state index in [1.165, 1.54) is 19.3 Å². The highest BCUT2D eigenvalue weighted by Gasteiger charge is 2.24. The van der Waals surface area contributed by atoms with Crippen LogP contribution in [0.1, 0.15) is 38.5 Å². The molecule has 1 unspecified atom stereocenters. The fraction of sp³-hybridized carbons (Fsp3) is 0.533. The van der Waals surface area contributed by atoms with Crippen LogP contribution >= 0.6 is 11.6 Å². The Labute approximate surface area is 119 Å². The smallest absolute Gasteiger partial charge is 0.326 e. The summed E-state index contributed by atoms with van der Waals surface area (Å²) >= 11 is 6.06. The van der Waals surface area contributed by atoms with Crippen LogP contribution in [0, 0.1) is 5.92 Å². The van der Waals surface area contributed by atoms with Gasteiger partial charge < -0.3 is 10.4 Å². The summed E-state index contributed by atoms with van der Waals surface area (Å²) in [6.45, 7) is 0. The van der Waals surface area contributed by atoms with Gasteiger partial charge in [-0.2, -0.15) is 0 Å². The van der Waals surface area contributed by atoms with Gasteiger partial charge >= 0.3 is 5.97 Å². The number of hydrogen-bond acceptors (Lipinski definition) is 2. The average Bonchev–Trinajstić information content (AvgIpc) is 2.41. The molecule has 0 aromatic heterocycles. The molecule has 1 aromatic rings. The summed E-state index contributed by atoms with van der Waals surface area (Å²) in [4.78, 5) is 11.4. The Morgan fingerprint density at radius 3 is 2.63 bits per heavy atom. The zero-order chi connectivity index (χ0) is 13.7. The fourth-order valence-electron chi connectivity index (χ4n) is 2.74. The summed E-state index contributed by atoms with van der Waals surface area (Å²) in [6.07, 6.45) is 6.71. The van der Waals surface area contributed by atoms with E-state index in [2.05, 4.69) is 5.32 Å². The molecule has 0 heterocycles. The number of benzene rings is 1. The first-order chi connectivity index (χ1) is 9.16. The molecule has 0 bridgehead atoms. The molecule has 2 N–H and O–H groups in total. The molecule has 1 aliphatic carbocycles. The molecule has 1 fully saturated rings. The Kier molecular flexibility index (Phi) is 5.08. The number of para-hydroxylation sites is 1. The monoisotopic (exact) mass is 281 g/mol. The summed E-state index contributed by atoms with van der Waals surface area (Å²) in [7, 11) is 0. The van der Waals surface area contributed by atoms with Crippen molar-refractivity contribution in [2.45, 2.75) is 44.6 Å². The van der Waals surface area contributed by atoms with Crippen LogP contribution in [0.25, 0.3) is 0 Å². The third-order valence-electron chi connectivity index (χ3n) is 3.80. The second-order valence-electron chi connectivity index (χ2n) is 5.25. The van der Waals surface area contributed by atoms with Crippen molar-refractivity contribution in [2.24, 2.45) is 5.92 Å². The lowest BCUT2D eigenvalue weighted by molar-refractivity contribution is -0.138.